The van der Waals surface area contributed by atoms with E-state index < -0.39 is 5.97 Å². The summed E-state index contributed by atoms with van der Waals surface area (Å²) in [5, 5.41) is 2.96. The molecule has 0 aromatic carbocycles. The lowest BCUT2D eigenvalue weighted by Crippen LogP contribution is -2.17. The predicted molar refractivity (Wildman–Crippen MR) is 88.7 cm³/mol. The first-order valence-corrected chi connectivity index (χ1v) is 8.17. The second kappa shape index (κ2) is 6.35. The van der Waals surface area contributed by atoms with E-state index in [1.165, 1.54) is 7.11 Å². The maximum absolute atomic E-state index is 11.9. The fourth-order valence-corrected chi connectivity index (χ4v) is 3.27. The van der Waals surface area contributed by atoms with E-state index in [0.29, 0.717) is 28.8 Å². The molecule has 4 atom stereocenters. The summed E-state index contributed by atoms with van der Waals surface area (Å²) in [6.07, 6.45) is 2.69. The van der Waals surface area contributed by atoms with Gasteiger partial charge in [0.1, 0.15) is 6.23 Å². The van der Waals surface area contributed by atoms with E-state index >= 15 is 0 Å². The van der Waals surface area contributed by atoms with Crippen molar-refractivity contribution < 1.29 is 14.3 Å². The van der Waals surface area contributed by atoms with Crippen LogP contribution in [0.5, 0.6) is 0 Å². The second-order valence-electron chi connectivity index (χ2n) is 6.15. The van der Waals surface area contributed by atoms with Gasteiger partial charge in [-0.3, -0.25) is 4.57 Å². The number of nitrogens with zero attached hydrogens (tertiary/aromatic N) is 4. The maximum Gasteiger partial charge on any atom is 0.376 e. The van der Waals surface area contributed by atoms with Crippen molar-refractivity contribution in [3.8, 4) is 0 Å². The van der Waals surface area contributed by atoms with Crippen LogP contribution in [0, 0.1) is 11.8 Å². The third-order valence-corrected chi connectivity index (χ3v) is 4.88. The Morgan fingerprint density at radius 2 is 2.12 bits per heavy atom. The molecule has 1 aliphatic rings. The monoisotopic (exact) mass is 333 g/mol. The van der Waals surface area contributed by atoms with Crippen LogP contribution in [-0.4, -0.2) is 45.7 Å². The molecule has 1 N–H and O–H groups in total. The van der Waals surface area contributed by atoms with Crippen molar-refractivity contribution in [1.82, 2.24) is 19.5 Å². The van der Waals surface area contributed by atoms with Crippen LogP contribution < -0.4 is 5.32 Å². The van der Waals surface area contributed by atoms with Crippen LogP contribution in [0.25, 0.3) is 11.2 Å². The van der Waals surface area contributed by atoms with Gasteiger partial charge in [0.15, 0.2) is 17.0 Å². The number of methoxy groups -OCH3 is 1. The number of esters is 1. The number of imidazole rings is 1. The average molecular weight is 333 g/mol. The lowest BCUT2D eigenvalue weighted by molar-refractivity contribution is -0.0120. The zero-order valence-corrected chi connectivity index (χ0v) is 14.6. The highest BCUT2D eigenvalue weighted by molar-refractivity contribution is 5.91. The molecule has 2 aromatic heterocycles. The first kappa shape index (κ1) is 16.6. The number of hydrogen-bond donors (Lipinski definition) is 1. The topological polar surface area (TPSA) is 91.2 Å². The minimum Gasteiger partial charge on any atom is -0.463 e. The fraction of sp³-hybridized carbons (Fsp3) is 0.625. The Labute approximate surface area is 140 Å². The third-order valence-electron chi connectivity index (χ3n) is 4.88. The summed E-state index contributed by atoms with van der Waals surface area (Å²) < 4.78 is 12.9. The molecule has 24 heavy (non-hydrogen) atoms. The molecule has 0 amide bonds. The van der Waals surface area contributed by atoms with Gasteiger partial charge in [-0.25, -0.2) is 19.7 Å². The summed E-state index contributed by atoms with van der Waals surface area (Å²) in [4.78, 5) is 24.8. The Morgan fingerprint density at radius 1 is 1.38 bits per heavy atom. The summed E-state index contributed by atoms with van der Waals surface area (Å²) in [6.45, 7) is 6.49. The summed E-state index contributed by atoms with van der Waals surface area (Å²) in [6, 6.07) is 0. The zero-order valence-electron chi connectivity index (χ0n) is 14.6. The van der Waals surface area contributed by atoms with Gasteiger partial charge >= 0.3 is 5.97 Å². The average Bonchev–Trinajstić information content (AvgIpc) is 3.15. The largest absolute Gasteiger partial charge is 0.463 e. The lowest BCUT2D eigenvalue weighted by Gasteiger charge is -2.18. The summed E-state index contributed by atoms with van der Waals surface area (Å²) >= 11 is 0. The van der Waals surface area contributed by atoms with E-state index in [2.05, 4.69) is 41.0 Å². The van der Waals surface area contributed by atoms with Crippen LogP contribution in [0.2, 0.25) is 0 Å². The van der Waals surface area contributed by atoms with Gasteiger partial charge in [-0.15, -0.1) is 0 Å². The van der Waals surface area contributed by atoms with Crippen molar-refractivity contribution in [2.24, 2.45) is 11.8 Å². The maximum atomic E-state index is 11.9. The van der Waals surface area contributed by atoms with Crippen LogP contribution in [-0.2, 0) is 9.47 Å². The Morgan fingerprint density at radius 3 is 2.71 bits per heavy atom. The SMILES string of the molecule is CC[C@H]1OC(n2cnc3c(NC)nc(C(=O)OC)nc32)[C@H](C)[C@@H]1C. The summed E-state index contributed by atoms with van der Waals surface area (Å²) in [5.74, 6) is 0.651. The lowest BCUT2D eigenvalue weighted by atomic mass is 9.91. The normalized spacial score (nSPS) is 26.7. The van der Waals surface area contributed by atoms with E-state index in [4.69, 9.17) is 9.47 Å². The van der Waals surface area contributed by atoms with Gasteiger partial charge in [-0.2, -0.15) is 0 Å². The minimum absolute atomic E-state index is 0.00170. The number of aromatic nitrogens is 4. The molecule has 1 fully saturated rings. The first-order chi connectivity index (χ1) is 11.5. The number of rotatable bonds is 4. The highest BCUT2D eigenvalue weighted by atomic mass is 16.5. The molecule has 3 heterocycles. The van der Waals surface area contributed by atoms with Gasteiger partial charge in [0.25, 0.3) is 0 Å². The first-order valence-electron chi connectivity index (χ1n) is 8.17. The molecule has 2 aromatic rings. The predicted octanol–water partition coefficient (Wildman–Crippen LogP) is 2.23. The summed E-state index contributed by atoms with van der Waals surface area (Å²) in [7, 11) is 3.04. The van der Waals surface area contributed by atoms with Crippen LogP contribution in [0.1, 0.15) is 44.0 Å². The van der Waals surface area contributed by atoms with Crippen molar-refractivity contribution in [2.75, 3.05) is 19.5 Å². The van der Waals surface area contributed by atoms with Gasteiger partial charge in [-0.05, 0) is 12.3 Å². The van der Waals surface area contributed by atoms with Crippen molar-refractivity contribution in [1.29, 1.82) is 0 Å². The molecule has 8 nitrogen and oxygen atoms in total. The van der Waals surface area contributed by atoms with E-state index in [1.807, 2.05) is 4.57 Å². The molecule has 1 aliphatic heterocycles. The standard InChI is InChI=1S/C16H23N5O3/c1-6-10-8(2)9(3)15(24-10)21-7-18-11-12(17-4)19-13(16(22)23-5)20-14(11)21/h7-10,15H,6H2,1-5H3,(H,17,19,20)/t8-,9+,10+,15?/m0/s1. The molecular formula is C16H23N5O3. The van der Waals surface area contributed by atoms with Crippen LogP contribution in [0.4, 0.5) is 5.82 Å². The number of carbonyl (C=O) groups is 1. The van der Waals surface area contributed by atoms with Crippen LogP contribution >= 0.6 is 0 Å². The summed E-state index contributed by atoms with van der Waals surface area (Å²) in [5.41, 5.74) is 1.17. The smallest absolute Gasteiger partial charge is 0.376 e. The second-order valence-corrected chi connectivity index (χ2v) is 6.15. The van der Waals surface area contributed by atoms with Crippen molar-refractivity contribution in [3.63, 3.8) is 0 Å². The van der Waals surface area contributed by atoms with Gasteiger partial charge < -0.3 is 14.8 Å². The number of nitrogens with one attached hydrogen (secondary N) is 1. The number of carbonyl (C=O) groups excluding carboxylic acids is 1. The van der Waals surface area contributed by atoms with Crippen molar-refractivity contribution in [3.05, 3.63) is 12.2 Å². The number of ether oxygens (including phenoxy) is 2. The minimum atomic E-state index is -0.582. The Kier molecular flexibility index (Phi) is 4.40. The van der Waals surface area contributed by atoms with Gasteiger partial charge in [0, 0.05) is 13.0 Å². The molecule has 0 bridgehead atoms. The molecule has 0 spiro atoms. The number of anilines is 1. The quantitative estimate of drug-likeness (QED) is 0.858. The van der Waals surface area contributed by atoms with E-state index in [1.54, 1.807) is 13.4 Å². The molecular weight excluding hydrogens is 310 g/mol. The molecule has 0 saturated carbocycles. The molecule has 1 saturated heterocycles. The molecule has 0 radical (unpaired) electrons. The number of fused-ring (bicyclic) bond motifs is 1. The third kappa shape index (κ3) is 2.50. The van der Waals surface area contributed by atoms with Crippen LogP contribution in [0.3, 0.4) is 0 Å². The zero-order chi connectivity index (χ0) is 17.4. The Hall–Kier alpha value is -2.22. The van der Waals surface area contributed by atoms with E-state index in [9.17, 15) is 4.79 Å². The van der Waals surface area contributed by atoms with Gasteiger partial charge in [-0.1, -0.05) is 20.8 Å². The molecule has 1 unspecified atom stereocenters. The highest BCUT2D eigenvalue weighted by Crippen LogP contribution is 2.41. The molecule has 8 heteroatoms. The molecule has 0 aliphatic carbocycles. The van der Waals surface area contributed by atoms with Crippen molar-refractivity contribution >= 4 is 23.0 Å². The van der Waals surface area contributed by atoms with Gasteiger partial charge in [0.2, 0.25) is 5.82 Å². The number of hydrogen-bond acceptors (Lipinski definition) is 7. The molecule has 3 rings (SSSR count). The Balaban J connectivity index is 2.11. The fourth-order valence-electron chi connectivity index (χ4n) is 3.27. The van der Waals surface area contributed by atoms with E-state index in [-0.39, 0.29) is 18.2 Å². The molecule has 130 valence electrons. The van der Waals surface area contributed by atoms with Gasteiger partial charge in [0.05, 0.1) is 19.5 Å². The van der Waals surface area contributed by atoms with Crippen molar-refractivity contribution in [2.45, 2.75) is 39.5 Å². The Bertz CT molecular complexity index is 759. The highest BCUT2D eigenvalue weighted by Gasteiger charge is 2.40. The van der Waals surface area contributed by atoms with E-state index in [0.717, 1.165) is 6.42 Å². The van der Waals surface area contributed by atoms with Crippen LogP contribution in [0.15, 0.2) is 6.33 Å².